The summed E-state index contributed by atoms with van der Waals surface area (Å²) in [4.78, 5) is 22.4. The number of hydrogen-bond acceptors (Lipinski definition) is 6. The van der Waals surface area contributed by atoms with Crippen LogP contribution in [0.5, 0.6) is 5.75 Å². The monoisotopic (exact) mass is 455 g/mol. The maximum Gasteiger partial charge on any atom is 0.262 e. The van der Waals surface area contributed by atoms with Crippen molar-refractivity contribution in [3.05, 3.63) is 57.0 Å². The first-order chi connectivity index (χ1) is 15.5. The van der Waals surface area contributed by atoms with Gasteiger partial charge in [-0.2, -0.15) is 0 Å². The van der Waals surface area contributed by atoms with Gasteiger partial charge in [-0.25, -0.2) is 4.98 Å². The Kier molecular flexibility index (Phi) is 7.28. The number of fused-ring (bicyclic) bond motifs is 3. The third-order valence-electron chi connectivity index (χ3n) is 6.19. The number of methoxy groups -OCH3 is 1. The van der Waals surface area contributed by atoms with Crippen molar-refractivity contribution < 1.29 is 9.47 Å². The third kappa shape index (κ3) is 5.05. The fourth-order valence-corrected chi connectivity index (χ4v) is 5.71. The summed E-state index contributed by atoms with van der Waals surface area (Å²) in [6.45, 7) is 6.24. The van der Waals surface area contributed by atoms with E-state index in [1.165, 1.54) is 16.0 Å². The minimum absolute atomic E-state index is 0.0974. The number of rotatable bonds is 9. The van der Waals surface area contributed by atoms with Crippen molar-refractivity contribution in [2.45, 2.75) is 64.8 Å². The van der Waals surface area contributed by atoms with E-state index < -0.39 is 0 Å². The molecule has 1 atom stereocenters. The molecule has 7 heteroatoms. The van der Waals surface area contributed by atoms with Gasteiger partial charge in [0, 0.05) is 30.6 Å². The minimum Gasteiger partial charge on any atom is -0.497 e. The molecule has 0 radical (unpaired) electrons. The second kappa shape index (κ2) is 10.1. The Morgan fingerprint density at radius 3 is 2.97 bits per heavy atom. The van der Waals surface area contributed by atoms with Crippen molar-refractivity contribution in [2.75, 3.05) is 20.8 Å². The summed E-state index contributed by atoms with van der Waals surface area (Å²) < 4.78 is 12.7. The lowest BCUT2D eigenvalue weighted by Gasteiger charge is -2.31. The lowest BCUT2D eigenvalue weighted by Crippen LogP contribution is -2.35. The highest BCUT2D eigenvalue weighted by Crippen LogP contribution is 2.35. The highest BCUT2D eigenvalue weighted by Gasteiger charge is 2.27. The van der Waals surface area contributed by atoms with Crippen LogP contribution in [0, 0.1) is 0 Å². The van der Waals surface area contributed by atoms with E-state index in [0.717, 1.165) is 48.2 Å². The van der Waals surface area contributed by atoms with E-state index in [0.29, 0.717) is 19.2 Å². The first-order valence-corrected chi connectivity index (χ1v) is 12.2. The van der Waals surface area contributed by atoms with Crippen LogP contribution in [0.3, 0.4) is 0 Å². The number of thiophene rings is 1. The first kappa shape index (κ1) is 23.0. The van der Waals surface area contributed by atoms with Crippen molar-refractivity contribution in [3.63, 3.8) is 0 Å². The third-order valence-corrected chi connectivity index (χ3v) is 7.36. The van der Waals surface area contributed by atoms with E-state index in [1.807, 2.05) is 26.0 Å². The Hall–Kier alpha value is -2.22. The standard InChI is InChI=1S/C25H33N3O3S/c1-17(2)31-12-6-11-28-16-26-24-23(25(28)29)21-10-9-19(14-22(21)32-24)27(3)15-18-7-5-8-20(13-18)30-4/h5,7-8,13,16-17,19H,6,9-12,14-15H2,1-4H3. The number of likely N-dealkylation sites (N-methyl/N-ethyl adjacent to an activating group) is 1. The molecule has 1 aromatic carbocycles. The quantitative estimate of drug-likeness (QED) is 0.451. The number of nitrogens with zero attached hydrogens (tertiary/aromatic N) is 3. The van der Waals surface area contributed by atoms with Crippen LogP contribution >= 0.6 is 11.3 Å². The molecule has 1 unspecified atom stereocenters. The molecule has 0 bridgehead atoms. The van der Waals surface area contributed by atoms with Crippen molar-refractivity contribution >= 4 is 21.6 Å². The normalized spacial score (nSPS) is 16.1. The maximum absolute atomic E-state index is 13.2. The molecule has 0 aliphatic heterocycles. The van der Waals surface area contributed by atoms with Crippen LogP contribution in [0.2, 0.25) is 0 Å². The average molecular weight is 456 g/mol. The molecule has 0 fully saturated rings. The van der Waals surface area contributed by atoms with E-state index in [2.05, 4.69) is 29.1 Å². The topological polar surface area (TPSA) is 56.6 Å². The number of aryl methyl sites for hydroxylation is 2. The zero-order chi connectivity index (χ0) is 22.7. The van der Waals surface area contributed by atoms with Gasteiger partial charge in [0.2, 0.25) is 0 Å². The Labute approximate surface area is 193 Å². The lowest BCUT2D eigenvalue weighted by atomic mass is 9.92. The van der Waals surface area contributed by atoms with Crippen LogP contribution in [0.15, 0.2) is 35.4 Å². The van der Waals surface area contributed by atoms with Crippen LogP contribution in [-0.2, 0) is 30.7 Å². The second-order valence-electron chi connectivity index (χ2n) is 8.86. The molecule has 2 heterocycles. The fourth-order valence-electron chi connectivity index (χ4n) is 4.46. The summed E-state index contributed by atoms with van der Waals surface area (Å²) in [5.41, 5.74) is 2.57. The minimum atomic E-state index is 0.0974. The second-order valence-corrected chi connectivity index (χ2v) is 9.95. The number of aromatic nitrogens is 2. The summed E-state index contributed by atoms with van der Waals surface area (Å²) in [7, 11) is 3.89. The molecule has 0 saturated heterocycles. The Bertz CT molecular complexity index is 1120. The van der Waals surface area contributed by atoms with Crippen LogP contribution in [0.1, 0.15) is 42.7 Å². The van der Waals surface area contributed by atoms with Gasteiger partial charge in [-0.1, -0.05) is 12.1 Å². The Morgan fingerprint density at radius 1 is 1.34 bits per heavy atom. The lowest BCUT2D eigenvalue weighted by molar-refractivity contribution is 0.0747. The Morgan fingerprint density at radius 2 is 2.19 bits per heavy atom. The zero-order valence-corrected chi connectivity index (χ0v) is 20.3. The first-order valence-electron chi connectivity index (χ1n) is 11.4. The summed E-state index contributed by atoms with van der Waals surface area (Å²) in [5.74, 6) is 0.893. The largest absolute Gasteiger partial charge is 0.497 e. The van der Waals surface area contributed by atoms with Gasteiger partial charge in [0.15, 0.2) is 0 Å². The van der Waals surface area contributed by atoms with Gasteiger partial charge in [0.25, 0.3) is 5.56 Å². The predicted octanol–water partition coefficient (Wildman–Crippen LogP) is 4.27. The van der Waals surface area contributed by atoms with Crippen molar-refractivity contribution in [3.8, 4) is 5.75 Å². The molecule has 1 aliphatic carbocycles. The SMILES string of the molecule is COc1cccc(CN(C)C2CCc3c(sc4ncn(CCCOC(C)C)c(=O)c34)C2)c1. The van der Waals surface area contributed by atoms with E-state index in [1.54, 1.807) is 29.3 Å². The number of ether oxygens (including phenoxy) is 2. The van der Waals surface area contributed by atoms with Gasteiger partial charge in [-0.15, -0.1) is 11.3 Å². The Balaban J connectivity index is 1.47. The smallest absolute Gasteiger partial charge is 0.262 e. The van der Waals surface area contributed by atoms with Crippen LogP contribution in [0.25, 0.3) is 10.2 Å². The number of hydrogen-bond donors (Lipinski definition) is 0. The van der Waals surface area contributed by atoms with Gasteiger partial charge in [-0.3, -0.25) is 14.3 Å². The van der Waals surface area contributed by atoms with Crippen LogP contribution < -0.4 is 10.3 Å². The summed E-state index contributed by atoms with van der Waals surface area (Å²) in [6, 6.07) is 8.72. The van der Waals surface area contributed by atoms with Crippen molar-refractivity contribution in [1.82, 2.24) is 14.5 Å². The van der Waals surface area contributed by atoms with Crippen LogP contribution in [-0.4, -0.2) is 47.4 Å². The van der Waals surface area contributed by atoms with E-state index in [9.17, 15) is 4.79 Å². The average Bonchev–Trinajstić information content (AvgIpc) is 3.16. The van der Waals surface area contributed by atoms with Gasteiger partial charge >= 0.3 is 0 Å². The maximum atomic E-state index is 13.2. The van der Waals surface area contributed by atoms with Crippen LogP contribution in [0.4, 0.5) is 0 Å². The molecule has 32 heavy (non-hydrogen) atoms. The van der Waals surface area contributed by atoms with E-state index in [-0.39, 0.29) is 11.7 Å². The summed E-state index contributed by atoms with van der Waals surface area (Å²) in [5, 5.41) is 0.839. The van der Waals surface area contributed by atoms with E-state index in [4.69, 9.17) is 9.47 Å². The summed E-state index contributed by atoms with van der Waals surface area (Å²) in [6.07, 6.45) is 5.68. The molecular formula is C25H33N3O3S. The molecule has 2 aromatic heterocycles. The van der Waals surface area contributed by atoms with E-state index >= 15 is 0 Å². The fraction of sp³-hybridized carbons (Fsp3) is 0.520. The van der Waals surface area contributed by atoms with Gasteiger partial charge in [-0.05, 0) is 69.8 Å². The van der Waals surface area contributed by atoms with Gasteiger partial charge in [0.1, 0.15) is 10.6 Å². The predicted molar refractivity (Wildman–Crippen MR) is 130 cm³/mol. The molecule has 0 N–H and O–H groups in total. The highest BCUT2D eigenvalue weighted by molar-refractivity contribution is 7.18. The zero-order valence-electron chi connectivity index (χ0n) is 19.5. The highest BCUT2D eigenvalue weighted by atomic mass is 32.1. The molecule has 0 amide bonds. The number of benzene rings is 1. The summed E-state index contributed by atoms with van der Waals surface area (Å²) >= 11 is 1.69. The van der Waals surface area contributed by atoms with Gasteiger partial charge in [0.05, 0.1) is 24.9 Å². The molecule has 172 valence electrons. The molecule has 0 saturated carbocycles. The molecule has 0 spiro atoms. The van der Waals surface area contributed by atoms with Crippen molar-refractivity contribution in [2.24, 2.45) is 0 Å². The van der Waals surface area contributed by atoms with Crippen molar-refractivity contribution in [1.29, 1.82) is 0 Å². The molecule has 1 aliphatic rings. The molecule has 3 aromatic rings. The molecule has 6 nitrogen and oxygen atoms in total. The van der Waals surface area contributed by atoms with Gasteiger partial charge < -0.3 is 9.47 Å². The molecular weight excluding hydrogens is 422 g/mol. The molecule has 4 rings (SSSR count).